The van der Waals surface area contributed by atoms with E-state index in [1.54, 1.807) is 11.8 Å². The molecule has 0 aromatic rings. The van der Waals surface area contributed by atoms with E-state index in [4.69, 9.17) is 4.74 Å². The van der Waals surface area contributed by atoms with Crippen molar-refractivity contribution in [3.8, 4) is 0 Å². The summed E-state index contributed by atoms with van der Waals surface area (Å²) in [6.07, 6.45) is 1.18. The van der Waals surface area contributed by atoms with Crippen molar-refractivity contribution in [1.82, 2.24) is 0 Å². The second kappa shape index (κ2) is 7.25. The van der Waals surface area contributed by atoms with Gasteiger partial charge in [0.05, 0.1) is 11.9 Å². The van der Waals surface area contributed by atoms with E-state index in [9.17, 15) is 4.79 Å². The molecule has 0 aliphatic carbocycles. The number of hydrogen-bond donors (Lipinski definition) is 0. The van der Waals surface area contributed by atoms with Crippen molar-refractivity contribution in [3.05, 3.63) is 0 Å². The average Bonchev–Trinajstić information content (AvgIpc) is 2.02. The quantitative estimate of drug-likeness (QED) is 0.622. The fourth-order valence-corrected chi connectivity index (χ4v) is 1.75. The Hall–Kier alpha value is -0.180. The minimum atomic E-state index is -0.0942. The van der Waals surface area contributed by atoms with Crippen molar-refractivity contribution in [2.45, 2.75) is 40.2 Å². The Labute approximate surface area is 85.4 Å². The third-order valence-electron chi connectivity index (χ3n) is 1.69. The summed E-state index contributed by atoms with van der Waals surface area (Å²) < 4.78 is 5.01. The maximum atomic E-state index is 11.1. The summed E-state index contributed by atoms with van der Waals surface area (Å²) in [5.41, 5.74) is 0. The van der Waals surface area contributed by atoms with Gasteiger partial charge < -0.3 is 4.74 Å². The zero-order chi connectivity index (χ0) is 10.3. The van der Waals surface area contributed by atoms with Crippen molar-refractivity contribution in [2.24, 2.45) is 5.92 Å². The fourth-order valence-electron chi connectivity index (χ4n) is 0.758. The predicted octanol–water partition coefficient (Wildman–Crippen LogP) is 2.72. The first-order valence-corrected chi connectivity index (χ1v) is 5.99. The Morgan fingerprint density at radius 2 is 2.00 bits per heavy atom. The molecule has 1 unspecified atom stereocenters. The summed E-state index contributed by atoms with van der Waals surface area (Å²) in [5, 5.41) is 0. The van der Waals surface area contributed by atoms with Crippen LogP contribution >= 0.6 is 11.8 Å². The fraction of sp³-hybridized carbons (Fsp3) is 0.900. The number of hydrogen-bond acceptors (Lipinski definition) is 3. The van der Waals surface area contributed by atoms with Crippen molar-refractivity contribution < 1.29 is 9.53 Å². The highest BCUT2D eigenvalue weighted by Crippen LogP contribution is 2.11. The van der Waals surface area contributed by atoms with Crippen LogP contribution in [0.2, 0.25) is 0 Å². The zero-order valence-electron chi connectivity index (χ0n) is 9.00. The lowest BCUT2D eigenvalue weighted by atomic mass is 10.2. The van der Waals surface area contributed by atoms with Crippen LogP contribution in [0.3, 0.4) is 0 Å². The molecule has 2 nitrogen and oxygen atoms in total. The van der Waals surface area contributed by atoms with Crippen molar-refractivity contribution in [3.63, 3.8) is 0 Å². The summed E-state index contributed by atoms with van der Waals surface area (Å²) in [6.45, 7) is 8.10. The molecule has 0 rings (SSSR count). The zero-order valence-corrected chi connectivity index (χ0v) is 9.82. The molecule has 0 N–H and O–H groups in total. The molecule has 78 valence electrons. The molecule has 0 aromatic heterocycles. The molecule has 13 heavy (non-hydrogen) atoms. The Morgan fingerprint density at radius 3 is 2.46 bits per heavy atom. The SMILES string of the molecule is CCC(C)CSCC(=O)OC(C)C. The van der Waals surface area contributed by atoms with Crippen molar-refractivity contribution in [1.29, 1.82) is 0 Å². The van der Waals surface area contributed by atoms with Crippen LogP contribution in [0.15, 0.2) is 0 Å². The first-order valence-electron chi connectivity index (χ1n) is 4.83. The minimum absolute atomic E-state index is 0.0108. The molecule has 0 aromatic carbocycles. The summed E-state index contributed by atoms with van der Waals surface area (Å²) in [5.74, 6) is 2.13. The first-order chi connectivity index (χ1) is 6.06. The summed E-state index contributed by atoms with van der Waals surface area (Å²) in [7, 11) is 0. The van der Waals surface area contributed by atoms with Crippen molar-refractivity contribution >= 4 is 17.7 Å². The highest BCUT2D eigenvalue weighted by molar-refractivity contribution is 7.99. The van der Waals surface area contributed by atoms with E-state index >= 15 is 0 Å². The molecule has 1 atom stereocenters. The molecule has 0 bridgehead atoms. The lowest BCUT2D eigenvalue weighted by Crippen LogP contribution is -2.14. The van der Waals surface area contributed by atoms with E-state index in [0.717, 1.165) is 5.75 Å². The summed E-state index contributed by atoms with van der Waals surface area (Å²) in [6, 6.07) is 0. The number of carbonyl (C=O) groups excluding carboxylic acids is 1. The van der Waals surface area contributed by atoms with Gasteiger partial charge >= 0.3 is 5.97 Å². The van der Waals surface area contributed by atoms with Gasteiger partial charge in [-0.2, -0.15) is 0 Å². The first kappa shape index (κ1) is 12.8. The number of thioether (sulfide) groups is 1. The Morgan fingerprint density at radius 1 is 1.38 bits per heavy atom. The van der Waals surface area contributed by atoms with Gasteiger partial charge in [0.25, 0.3) is 0 Å². The van der Waals surface area contributed by atoms with Gasteiger partial charge in [-0.3, -0.25) is 4.79 Å². The van der Waals surface area contributed by atoms with Gasteiger partial charge in [0.15, 0.2) is 0 Å². The highest BCUT2D eigenvalue weighted by Gasteiger charge is 2.06. The van der Waals surface area contributed by atoms with Crippen molar-refractivity contribution in [2.75, 3.05) is 11.5 Å². The number of carbonyl (C=O) groups is 1. The highest BCUT2D eigenvalue weighted by atomic mass is 32.2. The van der Waals surface area contributed by atoms with Crippen LogP contribution < -0.4 is 0 Å². The Bertz CT molecular complexity index is 146. The maximum Gasteiger partial charge on any atom is 0.316 e. The molecule has 0 fully saturated rings. The lowest BCUT2D eigenvalue weighted by Gasteiger charge is -2.09. The van der Waals surface area contributed by atoms with Crippen LogP contribution in [-0.2, 0) is 9.53 Å². The van der Waals surface area contributed by atoms with Gasteiger partial charge in [-0.25, -0.2) is 0 Å². The summed E-state index contributed by atoms with van der Waals surface area (Å²) in [4.78, 5) is 11.1. The van der Waals surface area contributed by atoms with E-state index in [1.165, 1.54) is 6.42 Å². The standard InChI is InChI=1S/C10H20O2S/c1-5-9(4)6-13-7-10(11)12-8(2)3/h8-9H,5-7H2,1-4H3. The van der Waals surface area contributed by atoms with Crippen LogP contribution in [-0.4, -0.2) is 23.6 Å². The average molecular weight is 204 g/mol. The minimum Gasteiger partial charge on any atom is -0.462 e. The molecule has 0 heterocycles. The van der Waals surface area contributed by atoms with Crippen LogP contribution in [0.1, 0.15) is 34.1 Å². The number of ether oxygens (including phenoxy) is 1. The molecule has 0 saturated heterocycles. The van der Waals surface area contributed by atoms with E-state index in [1.807, 2.05) is 13.8 Å². The van der Waals surface area contributed by atoms with Crippen LogP contribution in [0.25, 0.3) is 0 Å². The molecule has 0 radical (unpaired) electrons. The maximum absolute atomic E-state index is 11.1. The van der Waals surface area contributed by atoms with Gasteiger partial charge in [-0.15, -0.1) is 11.8 Å². The van der Waals surface area contributed by atoms with E-state index in [0.29, 0.717) is 11.7 Å². The third kappa shape index (κ3) is 8.16. The second-order valence-electron chi connectivity index (χ2n) is 3.57. The monoisotopic (exact) mass is 204 g/mol. The van der Waals surface area contributed by atoms with E-state index < -0.39 is 0 Å². The molecular weight excluding hydrogens is 184 g/mol. The molecule has 3 heteroatoms. The molecule has 0 aliphatic rings. The van der Waals surface area contributed by atoms with Gasteiger partial charge in [0.1, 0.15) is 0 Å². The molecule has 0 amide bonds. The molecule has 0 saturated carbocycles. The predicted molar refractivity (Wildman–Crippen MR) is 58.0 cm³/mol. The van der Waals surface area contributed by atoms with Gasteiger partial charge in [0.2, 0.25) is 0 Å². The topological polar surface area (TPSA) is 26.3 Å². The second-order valence-corrected chi connectivity index (χ2v) is 4.60. The largest absolute Gasteiger partial charge is 0.462 e. The number of esters is 1. The number of rotatable bonds is 6. The Balaban J connectivity index is 3.37. The third-order valence-corrected chi connectivity index (χ3v) is 2.93. The lowest BCUT2D eigenvalue weighted by molar-refractivity contribution is -0.144. The van der Waals surface area contributed by atoms with Crippen LogP contribution in [0.4, 0.5) is 0 Å². The molecule has 0 aliphatic heterocycles. The Kier molecular flexibility index (Phi) is 7.14. The van der Waals surface area contributed by atoms with Gasteiger partial charge in [-0.1, -0.05) is 20.3 Å². The van der Waals surface area contributed by atoms with Crippen LogP contribution in [0.5, 0.6) is 0 Å². The molecular formula is C10H20O2S. The normalized spacial score (nSPS) is 13.0. The summed E-state index contributed by atoms with van der Waals surface area (Å²) >= 11 is 1.66. The van der Waals surface area contributed by atoms with Gasteiger partial charge in [-0.05, 0) is 25.5 Å². The van der Waals surface area contributed by atoms with E-state index in [2.05, 4.69) is 13.8 Å². The smallest absolute Gasteiger partial charge is 0.316 e. The van der Waals surface area contributed by atoms with Gasteiger partial charge in [0, 0.05) is 0 Å². The van der Waals surface area contributed by atoms with E-state index in [-0.39, 0.29) is 12.1 Å². The molecule has 0 spiro atoms. The van der Waals surface area contributed by atoms with Crippen LogP contribution in [0, 0.1) is 5.92 Å².